The van der Waals surface area contributed by atoms with Gasteiger partial charge >= 0.3 is 0 Å². The first-order chi connectivity index (χ1) is 12.7. The number of benzene rings is 2. The largest absolute Gasteiger partial charge is 0.352 e. The lowest BCUT2D eigenvalue weighted by Crippen LogP contribution is -2.32. The quantitative estimate of drug-likeness (QED) is 0.801. The van der Waals surface area contributed by atoms with E-state index in [1.807, 2.05) is 27.1 Å². The molecular formula is C20H25N3O3S. The minimum absolute atomic E-state index is 0.145. The van der Waals surface area contributed by atoms with Crippen molar-refractivity contribution in [1.29, 1.82) is 0 Å². The molecule has 6 nitrogen and oxygen atoms in total. The Kier molecular flexibility index (Phi) is 5.26. The molecule has 144 valence electrons. The van der Waals surface area contributed by atoms with E-state index in [0.717, 1.165) is 24.1 Å². The maximum absolute atomic E-state index is 12.8. The molecule has 1 amide bonds. The topological polar surface area (TPSA) is 69.7 Å². The number of hydrogen-bond donors (Lipinski definition) is 1. The zero-order valence-electron chi connectivity index (χ0n) is 16.1. The van der Waals surface area contributed by atoms with Crippen LogP contribution in [0.1, 0.15) is 22.3 Å². The van der Waals surface area contributed by atoms with Gasteiger partial charge in [0.2, 0.25) is 0 Å². The van der Waals surface area contributed by atoms with Gasteiger partial charge in [-0.2, -0.15) is 0 Å². The lowest BCUT2D eigenvalue weighted by molar-refractivity contribution is 0.0952. The number of nitrogens with zero attached hydrogens (tertiary/aromatic N) is 2. The summed E-state index contributed by atoms with van der Waals surface area (Å²) in [6.45, 7) is 3.33. The Balaban J connectivity index is 1.98. The van der Waals surface area contributed by atoms with Gasteiger partial charge in [-0.25, -0.2) is 8.42 Å². The molecule has 0 atom stereocenters. The van der Waals surface area contributed by atoms with E-state index >= 15 is 0 Å². The van der Waals surface area contributed by atoms with Crippen LogP contribution in [0.15, 0.2) is 41.3 Å². The van der Waals surface area contributed by atoms with Gasteiger partial charge < -0.3 is 10.2 Å². The molecule has 1 aliphatic rings. The molecule has 1 aliphatic heterocycles. The third-order valence-corrected chi connectivity index (χ3v) is 6.58. The van der Waals surface area contributed by atoms with E-state index < -0.39 is 10.0 Å². The molecule has 0 fully saturated rings. The van der Waals surface area contributed by atoms with Gasteiger partial charge in [0.1, 0.15) is 0 Å². The van der Waals surface area contributed by atoms with Crippen molar-refractivity contribution in [3.8, 4) is 11.1 Å². The number of amides is 1. The van der Waals surface area contributed by atoms with Crippen LogP contribution >= 0.6 is 0 Å². The predicted molar refractivity (Wildman–Crippen MR) is 108 cm³/mol. The van der Waals surface area contributed by atoms with E-state index in [4.69, 9.17) is 0 Å². The van der Waals surface area contributed by atoms with Crippen LogP contribution in [0, 0.1) is 6.92 Å². The van der Waals surface area contributed by atoms with Crippen molar-refractivity contribution in [1.82, 2.24) is 10.2 Å². The smallest absolute Gasteiger partial charge is 0.264 e. The number of fused-ring (bicyclic) bond motifs is 3. The molecule has 2 aromatic carbocycles. The number of carbonyl (C=O) groups is 1. The van der Waals surface area contributed by atoms with Crippen molar-refractivity contribution in [3.05, 3.63) is 47.5 Å². The molecule has 27 heavy (non-hydrogen) atoms. The van der Waals surface area contributed by atoms with Crippen LogP contribution < -0.4 is 9.62 Å². The number of anilines is 1. The van der Waals surface area contributed by atoms with Crippen molar-refractivity contribution in [2.45, 2.75) is 18.2 Å². The summed E-state index contributed by atoms with van der Waals surface area (Å²) in [6.07, 6.45) is 0.868. The summed E-state index contributed by atoms with van der Waals surface area (Å²) in [5.41, 5.74) is 3.32. The van der Waals surface area contributed by atoms with E-state index in [1.165, 1.54) is 4.31 Å². The molecule has 2 aromatic rings. The molecule has 1 N–H and O–H groups in total. The molecule has 0 aliphatic carbocycles. The summed E-state index contributed by atoms with van der Waals surface area (Å²) < 4.78 is 26.9. The van der Waals surface area contributed by atoms with Gasteiger partial charge in [0.25, 0.3) is 15.9 Å². The van der Waals surface area contributed by atoms with Crippen molar-refractivity contribution < 1.29 is 13.2 Å². The fourth-order valence-electron chi connectivity index (χ4n) is 3.41. The Morgan fingerprint density at radius 2 is 1.85 bits per heavy atom. The third-order valence-electron chi connectivity index (χ3n) is 4.76. The minimum Gasteiger partial charge on any atom is -0.352 e. The summed E-state index contributed by atoms with van der Waals surface area (Å²) in [4.78, 5) is 14.9. The van der Waals surface area contributed by atoms with E-state index in [9.17, 15) is 13.2 Å². The van der Waals surface area contributed by atoms with Gasteiger partial charge in [-0.3, -0.25) is 9.10 Å². The van der Waals surface area contributed by atoms with E-state index in [2.05, 4.69) is 10.2 Å². The summed E-state index contributed by atoms with van der Waals surface area (Å²) in [7, 11) is 1.96. The second-order valence-corrected chi connectivity index (χ2v) is 9.01. The molecule has 1 heterocycles. The Morgan fingerprint density at radius 3 is 2.56 bits per heavy atom. The van der Waals surface area contributed by atoms with Crippen LogP contribution in [-0.4, -0.2) is 53.5 Å². The van der Waals surface area contributed by atoms with Crippen molar-refractivity contribution in [3.63, 3.8) is 0 Å². The lowest BCUT2D eigenvalue weighted by atomic mass is 9.96. The Hall–Kier alpha value is -2.38. The van der Waals surface area contributed by atoms with Crippen molar-refractivity contribution in [2.75, 3.05) is 38.5 Å². The maximum Gasteiger partial charge on any atom is 0.264 e. The summed E-state index contributed by atoms with van der Waals surface area (Å²) in [5, 5.41) is 2.94. The molecule has 0 radical (unpaired) electrons. The molecule has 0 bridgehead atoms. The molecule has 0 unspecified atom stereocenters. The first kappa shape index (κ1) is 19.4. The highest BCUT2D eigenvalue weighted by atomic mass is 32.2. The highest BCUT2D eigenvalue weighted by Crippen LogP contribution is 2.44. The maximum atomic E-state index is 12.8. The van der Waals surface area contributed by atoms with Crippen molar-refractivity contribution >= 4 is 21.6 Å². The second kappa shape index (κ2) is 7.32. The van der Waals surface area contributed by atoms with Crippen LogP contribution in [-0.2, 0) is 10.0 Å². The van der Waals surface area contributed by atoms with E-state index in [0.29, 0.717) is 23.4 Å². The Morgan fingerprint density at radius 1 is 1.15 bits per heavy atom. The van der Waals surface area contributed by atoms with Crippen LogP contribution in [0.2, 0.25) is 0 Å². The molecule has 0 spiro atoms. The van der Waals surface area contributed by atoms with Crippen LogP contribution in [0.25, 0.3) is 11.1 Å². The second-order valence-electron chi connectivity index (χ2n) is 7.07. The number of carbonyl (C=O) groups excluding carboxylic acids is 1. The Labute approximate surface area is 160 Å². The Bertz CT molecular complexity index is 984. The number of sulfonamides is 1. The highest BCUT2D eigenvalue weighted by molar-refractivity contribution is 7.93. The van der Waals surface area contributed by atoms with Crippen LogP contribution in [0.3, 0.4) is 0 Å². The average molecular weight is 388 g/mol. The molecule has 0 aromatic heterocycles. The number of hydrogen-bond acceptors (Lipinski definition) is 4. The van der Waals surface area contributed by atoms with Gasteiger partial charge in [-0.15, -0.1) is 0 Å². The fraction of sp³-hybridized carbons (Fsp3) is 0.350. The first-order valence-electron chi connectivity index (χ1n) is 8.89. The SMILES string of the molecule is Cc1cc(C(=O)NCCCN(C)C)cc2c1N(C)S(=O)(=O)c1ccccc1-2. The van der Waals surface area contributed by atoms with Gasteiger partial charge in [0, 0.05) is 30.3 Å². The zero-order valence-corrected chi connectivity index (χ0v) is 16.9. The van der Waals surface area contributed by atoms with Crippen molar-refractivity contribution in [2.24, 2.45) is 0 Å². The minimum atomic E-state index is -3.59. The van der Waals surface area contributed by atoms with Crippen LogP contribution in [0.4, 0.5) is 5.69 Å². The summed E-state index contributed by atoms with van der Waals surface area (Å²) in [6, 6.07) is 10.5. The normalized spacial score (nSPS) is 14.6. The zero-order chi connectivity index (χ0) is 19.8. The molecule has 0 saturated heterocycles. The third kappa shape index (κ3) is 3.57. The fourth-order valence-corrected chi connectivity index (χ4v) is 4.90. The highest BCUT2D eigenvalue weighted by Gasteiger charge is 2.33. The predicted octanol–water partition coefficient (Wildman–Crippen LogP) is 2.48. The monoisotopic (exact) mass is 387 g/mol. The average Bonchev–Trinajstić information content (AvgIpc) is 2.62. The molecule has 3 rings (SSSR count). The van der Waals surface area contributed by atoms with Crippen LogP contribution in [0.5, 0.6) is 0 Å². The number of rotatable bonds is 5. The first-order valence-corrected chi connectivity index (χ1v) is 10.3. The van der Waals surface area contributed by atoms with Gasteiger partial charge in [-0.1, -0.05) is 18.2 Å². The van der Waals surface area contributed by atoms with Gasteiger partial charge in [0.15, 0.2) is 0 Å². The standard InChI is InChI=1S/C20H25N3O3S/c1-14-12-15(20(24)21-10-7-11-22(2)3)13-17-16-8-5-6-9-18(16)27(25,26)23(4)19(14)17/h5-6,8-9,12-13H,7,10-11H2,1-4H3,(H,21,24). The lowest BCUT2D eigenvalue weighted by Gasteiger charge is -2.31. The van der Waals surface area contributed by atoms with Gasteiger partial charge in [0.05, 0.1) is 10.6 Å². The van der Waals surface area contributed by atoms with Gasteiger partial charge in [-0.05, 0) is 57.7 Å². The molecular weight excluding hydrogens is 362 g/mol. The van der Waals surface area contributed by atoms with E-state index in [1.54, 1.807) is 37.4 Å². The molecule has 0 saturated carbocycles. The summed E-state index contributed by atoms with van der Waals surface area (Å²) >= 11 is 0. The molecule has 7 heteroatoms. The van der Waals surface area contributed by atoms with E-state index in [-0.39, 0.29) is 10.8 Å². The summed E-state index contributed by atoms with van der Waals surface area (Å²) in [5.74, 6) is -0.145. The number of aryl methyl sites for hydroxylation is 1. The number of nitrogens with one attached hydrogen (secondary N) is 1.